The van der Waals surface area contributed by atoms with Crippen molar-refractivity contribution in [1.82, 2.24) is 15.2 Å². The van der Waals surface area contributed by atoms with Crippen LogP contribution in [0.15, 0.2) is 24.5 Å². The summed E-state index contributed by atoms with van der Waals surface area (Å²) in [6.45, 7) is 8.74. The molecule has 0 aliphatic carbocycles. The molecule has 0 spiro atoms. The van der Waals surface area contributed by atoms with Crippen molar-refractivity contribution < 1.29 is 14.3 Å². The molecule has 2 aromatic heterocycles. The number of aromatic nitrogens is 1. The van der Waals surface area contributed by atoms with E-state index in [1.54, 1.807) is 24.2 Å². The smallest absolute Gasteiger partial charge is 0.341 e. The van der Waals surface area contributed by atoms with Gasteiger partial charge in [0.05, 0.1) is 23.6 Å². The molecule has 29 heavy (non-hydrogen) atoms. The van der Waals surface area contributed by atoms with E-state index >= 15 is 0 Å². The van der Waals surface area contributed by atoms with Crippen molar-refractivity contribution in [2.45, 2.75) is 33.7 Å². The zero-order chi connectivity index (χ0) is 21.6. The van der Waals surface area contributed by atoms with E-state index in [9.17, 15) is 9.59 Å². The summed E-state index contributed by atoms with van der Waals surface area (Å²) >= 11 is 6.64. The summed E-state index contributed by atoms with van der Waals surface area (Å²) in [6.07, 6.45) is 3.43. The van der Waals surface area contributed by atoms with Gasteiger partial charge in [-0.25, -0.2) is 4.79 Å². The number of hydrogen-bond donors (Lipinski definition) is 2. The summed E-state index contributed by atoms with van der Waals surface area (Å²) in [4.78, 5) is 31.5. The summed E-state index contributed by atoms with van der Waals surface area (Å²) in [7, 11) is 1.32. The van der Waals surface area contributed by atoms with Crippen LogP contribution in [0.5, 0.6) is 0 Å². The SMILES string of the molecule is CCN(CC)C(=O)c1sc(NC(=S)NC(C)c2ccncc2)c(C(=O)OC)c1C. The molecular weight excluding hydrogens is 408 g/mol. The fraction of sp³-hybridized carbons (Fsp3) is 0.400. The molecule has 2 aromatic rings. The highest BCUT2D eigenvalue weighted by Gasteiger charge is 2.27. The van der Waals surface area contributed by atoms with Crippen LogP contribution in [-0.4, -0.2) is 47.1 Å². The van der Waals surface area contributed by atoms with Crippen LogP contribution in [0.1, 0.15) is 58.0 Å². The molecule has 156 valence electrons. The molecule has 0 aromatic carbocycles. The number of anilines is 1. The van der Waals surface area contributed by atoms with Crippen molar-refractivity contribution in [3.63, 3.8) is 0 Å². The first kappa shape index (κ1) is 22.8. The Bertz CT molecular complexity index is 879. The van der Waals surface area contributed by atoms with Gasteiger partial charge in [0, 0.05) is 25.5 Å². The van der Waals surface area contributed by atoms with Gasteiger partial charge < -0.3 is 20.3 Å². The Kier molecular flexibility index (Phi) is 8.10. The van der Waals surface area contributed by atoms with Gasteiger partial charge in [-0.15, -0.1) is 11.3 Å². The van der Waals surface area contributed by atoms with E-state index in [1.807, 2.05) is 32.9 Å². The zero-order valence-electron chi connectivity index (χ0n) is 17.2. The molecular formula is C20H26N4O3S2. The number of nitrogens with one attached hydrogen (secondary N) is 2. The third-order valence-corrected chi connectivity index (χ3v) is 5.98. The van der Waals surface area contributed by atoms with Gasteiger partial charge in [-0.2, -0.15) is 0 Å². The molecule has 0 bridgehead atoms. The number of thiophene rings is 1. The molecule has 2 rings (SSSR count). The van der Waals surface area contributed by atoms with Crippen LogP contribution in [0.3, 0.4) is 0 Å². The average Bonchev–Trinajstić information content (AvgIpc) is 3.04. The normalized spacial score (nSPS) is 11.5. The number of esters is 1. The number of nitrogens with zero attached hydrogens (tertiary/aromatic N) is 2. The van der Waals surface area contributed by atoms with Gasteiger partial charge in [-0.1, -0.05) is 0 Å². The molecule has 0 saturated heterocycles. The molecule has 9 heteroatoms. The number of methoxy groups -OCH3 is 1. The number of amides is 1. The number of carbonyl (C=O) groups is 2. The fourth-order valence-electron chi connectivity index (χ4n) is 2.88. The lowest BCUT2D eigenvalue weighted by molar-refractivity contribution is 0.0601. The predicted molar refractivity (Wildman–Crippen MR) is 120 cm³/mol. The Labute approximate surface area is 180 Å². The van der Waals surface area contributed by atoms with Gasteiger partial charge in [0.1, 0.15) is 5.00 Å². The second-order valence-electron chi connectivity index (χ2n) is 6.33. The summed E-state index contributed by atoms with van der Waals surface area (Å²) in [5.74, 6) is -0.621. The van der Waals surface area contributed by atoms with Gasteiger partial charge >= 0.3 is 5.97 Å². The van der Waals surface area contributed by atoms with Gasteiger partial charge in [-0.05, 0) is 63.2 Å². The molecule has 1 amide bonds. The Morgan fingerprint density at radius 1 is 1.28 bits per heavy atom. The number of carbonyl (C=O) groups excluding carboxylic acids is 2. The van der Waals surface area contributed by atoms with Crippen LogP contribution in [0.2, 0.25) is 0 Å². The van der Waals surface area contributed by atoms with Crippen LogP contribution >= 0.6 is 23.6 Å². The predicted octanol–water partition coefficient (Wildman–Crippen LogP) is 3.77. The van der Waals surface area contributed by atoms with Crippen molar-refractivity contribution in [1.29, 1.82) is 0 Å². The van der Waals surface area contributed by atoms with E-state index in [2.05, 4.69) is 15.6 Å². The highest BCUT2D eigenvalue weighted by Crippen LogP contribution is 2.34. The maximum atomic E-state index is 12.9. The van der Waals surface area contributed by atoms with Crippen LogP contribution in [-0.2, 0) is 4.74 Å². The minimum atomic E-state index is -0.509. The van der Waals surface area contributed by atoms with Crippen LogP contribution in [0.25, 0.3) is 0 Å². The fourth-order valence-corrected chi connectivity index (χ4v) is 4.39. The largest absolute Gasteiger partial charge is 0.465 e. The minimum absolute atomic E-state index is 0.0580. The number of rotatable bonds is 7. The van der Waals surface area contributed by atoms with Crippen molar-refractivity contribution in [3.8, 4) is 0 Å². The van der Waals surface area contributed by atoms with Crippen molar-refractivity contribution >= 4 is 45.5 Å². The van der Waals surface area contributed by atoms with Gasteiger partial charge in [0.25, 0.3) is 5.91 Å². The van der Waals surface area contributed by atoms with E-state index in [0.717, 1.165) is 5.56 Å². The quantitative estimate of drug-likeness (QED) is 0.507. The standard InChI is InChI=1S/C20H26N4O3S2/c1-6-24(7-2)18(25)16-12(3)15(19(26)27-5)17(29-16)23-20(28)22-13(4)14-8-10-21-11-9-14/h8-11,13H,6-7H2,1-5H3,(H2,22,23,28). The highest BCUT2D eigenvalue weighted by molar-refractivity contribution is 7.80. The third-order valence-electron chi connectivity index (χ3n) is 4.56. The summed E-state index contributed by atoms with van der Waals surface area (Å²) in [5.41, 5.74) is 1.94. The zero-order valence-corrected chi connectivity index (χ0v) is 18.9. The van der Waals surface area contributed by atoms with E-state index in [-0.39, 0.29) is 11.9 Å². The lowest BCUT2D eigenvalue weighted by atomic mass is 10.1. The summed E-state index contributed by atoms with van der Waals surface area (Å²) in [5, 5.41) is 7.09. The molecule has 7 nitrogen and oxygen atoms in total. The maximum absolute atomic E-state index is 12.9. The lowest BCUT2D eigenvalue weighted by Crippen LogP contribution is -2.31. The Balaban J connectivity index is 2.28. The van der Waals surface area contributed by atoms with Crippen molar-refractivity contribution in [3.05, 3.63) is 46.1 Å². The highest BCUT2D eigenvalue weighted by atomic mass is 32.1. The average molecular weight is 435 g/mol. The molecule has 1 atom stereocenters. The summed E-state index contributed by atoms with van der Waals surface area (Å²) < 4.78 is 4.93. The van der Waals surface area contributed by atoms with Crippen molar-refractivity contribution in [2.24, 2.45) is 0 Å². The van der Waals surface area contributed by atoms with E-state index < -0.39 is 5.97 Å². The first-order valence-corrected chi connectivity index (χ1v) is 10.5. The molecule has 0 saturated carbocycles. The van der Waals surface area contributed by atoms with Crippen LogP contribution in [0.4, 0.5) is 5.00 Å². The molecule has 0 aliphatic heterocycles. The lowest BCUT2D eigenvalue weighted by Gasteiger charge is -2.18. The number of hydrogen-bond acceptors (Lipinski definition) is 6. The number of ether oxygens (including phenoxy) is 1. The number of thiocarbonyl (C=S) groups is 1. The van der Waals surface area contributed by atoms with Crippen molar-refractivity contribution in [2.75, 3.05) is 25.5 Å². The minimum Gasteiger partial charge on any atom is -0.465 e. The molecule has 0 fully saturated rings. The second kappa shape index (κ2) is 10.3. The topological polar surface area (TPSA) is 83.6 Å². The third kappa shape index (κ3) is 5.30. The van der Waals surface area contributed by atoms with Gasteiger partial charge in [0.2, 0.25) is 0 Å². The molecule has 2 N–H and O–H groups in total. The second-order valence-corrected chi connectivity index (χ2v) is 7.76. The van der Waals surface area contributed by atoms with E-state index in [0.29, 0.717) is 39.2 Å². The van der Waals surface area contributed by atoms with Gasteiger partial charge in [-0.3, -0.25) is 9.78 Å². The van der Waals surface area contributed by atoms with E-state index in [1.165, 1.54) is 18.4 Å². The molecule has 0 aliphatic rings. The summed E-state index contributed by atoms with van der Waals surface area (Å²) in [6, 6.07) is 3.74. The van der Waals surface area contributed by atoms with E-state index in [4.69, 9.17) is 17.0 Å². The maximum Gasteiger partial charge on any atom is 0.341 e. The molecule has 0 radical (unpaired) electrons. The molecule has 1 unspecified atom stereocenters. The first-order valence-electron chi connectivity index (χ1n) is 9.32. The van der Waals surface area contributed by atoms with Crippen LogP contribution < -0.4 is 10.6 Å². The first-order chi connectivity index (χ1) is 13.8. The Hall–Kier alpha value is -2.52. The van der Waals surface area contributed by atoms with Crippen LogP contribution in [0, 0.1) is 6.92 Å². The Morgan fingerprint density at radius 2 is 1.90 bits per heavy atom. The van der Waals surface area contributed by atoms with Gasteiger partial charge in [0.15, 0.2) is 5.11 Å². The number of pyridine rings is 1. The molecule has 2 heterocycles. The Morgan fingerprint density at radius 3 is 2.45 bits per heavy atom. The monoisotopic (exact) mass is 434 g/mol.